The van der Waals surface area contributed by atoms with Gasteiger partial charge in [0.1, 0.15) is 5.57 Å². The predicted molar refractivity (Wildman–Crippen MR) is 83.9 cm³/mol. The molecule has 1 aromatic carbocycles. The van der Waals surface area contributed by atoms with Crippen LogP contribution in [0, 0.1) is 0 Å². The average molecular weight is 309 g/mol. The van der Waals surface area contributed by atoms with E-state index in [9.17, 15) is 9.59 Å². The summed E-state index contributed by atoms with van der Waals surface area (Å²) in [6.07, 6.45) is 3.18. The molecule has 1 aromatic heterocycles. The van der Waals surface area contributed by atoms with Gasteiger partial charge < -0.3 is 9.47 Å². The second kappa shape index (κ2) is 5.68. The van der Waals surface area contributed by atoms with Gasteiger partial charge in [0.2, 0.25) is 0 Å². The van der Waals surface area contributed by atoms with Gasteiger partial charge in [0.05, 0.1) is 5.69 Å². The number of aromatic nitrogens is 1. The van der Waals surface area contributed by atoms with E-state index >= 15 is 0 Å². The highest BCUT2D eigenvalue weighted by molar-refractivity contribution is 6.18. The Hall–Kier alpha value is -2.95. The molecule has 0 radical (unpaired) electrons. The van der Waals surface area contributed by atoms with Crippen molar-refractivity contribution in [2.75, 3.05) is 0 Å². The third-order valence-corrected chi connectivity index (χ3v) is 3.30. The molecule has 116 valence electrons. The van der Waals surface area contributed by atoms with E-state index in [2.05, 4.69) is 4.98 Å². The van der Waals surface area contributed by atoms with E-state index in [4.69, 9.17) is 9.47 Å². The Labute approximate surface area is 133 Å². The maximum absolute atomic E-state index is 11.9. The Morgan fingerprint density at radius 1 is 0.957 bits per heavy atom. The maximum atomic E-state index is 11.9. The molecule has 0 aliphatic carbocycles. The number of cyclic esters (lactones) is 2. The summed E-state index contributed by atoms with van der Waals surface area (Å²) >= 11 is 0. The molecule has 2 aromatic rings. The molecule has 5 nitrogen and oxygen atoms in total. The zero-order valence-electron chi connectivity index (χ0n) is 12.8. The van der Waals surface area contributed by atoms with Gasteiger partial charge in [-0.05, 0) is 23.8 Å². The van der Waals surface area contributed by atoms with Gasteiger partial charge in [-0.2, -0.15) is 0 Å². The van der Waals surface area contributed by atoms with Crippen molar-refractivity contribution in [3.8, 4) is 11.3 Å². The number of nitrogens with zero attached hydrogens (tertiary/aromatic N) is 1. The SMILES string of the molecule is CC1(C)OC(=O)C(=Cc2ccc(-c3ccccn3)cc2)C(=O)O1. The molecule has 1 aliphatic rings. The van der Waals surface area contributed by atoms with E-state index in [-0.39, 0.29) is 5.57 Å². The molecule has 1 saturated heterocycles. The number of carbonyl (C=O) groups is 2. The van der Waals surface area contributed by atoms with Crippen LogP contribution in [0.4, 0.5) is 0 Å². The fraction of sp³-hybridized carbons (Fsp3) is 0.167. The van der Waals surface area contributed by atoms with Crippen LogP contribution in [0.15, 0.2) is 54.2 Å². The molecule has 0 amide bonds. The van der Waals surface area contributed by atoms with Crippen LogP contribution in [0.3, 0.4) is 0 Å². The topological polar surface area (TPSA) is 65.5 Å². The summed E-state index contributed by atoms with van der Waals surface area (Å²) in [6.45, 7) is 3.03. The van der Waals surface area contributed by atoms with Gasteiger partial charge in [-0.1, -0.05) is 30.3 Å². The minimum atomic E-state index is -1.23. The lowest BCUT2D eigenvalue weighted by atomic mass is 10.1. The molecular formula is C18H15NO4. The lowest BCUT2D eigenvalue weighted by Gasteiger charge is -2.29. The van der Waals surface area contributed by atoms with Crippen LogP contribution in [0.1, 0.15) is 19.4 Å². The largest absolute Gasteiger partial charge is 0.419 e. The molecular weight excluding hydrogens is 294 g/mol. The standard InChI is InChI=1S/C18H15NO4/c1-18(2)22-16(20)14(17(21)23-18)11-12-6-8-13(9-7-12)15-5-3-4-10-19-15/h3-11H,1-2H3. The highest BCUT2D eigenvalue weighted by atomic mass is 16.7. The fourth-order valence-electron chi connectivity index (χ4n) is 2.23. The van der Waals surface area contributed by atoms with Crippen LogP contribution in [-0.4, -0.2) is 22.7 Å². The summed E-state index contributed by atoms with van der Waals surface area (Å²) in [5, 5.41) is 0. The van der Waals surface area contributed by atoms with Crippen LogP contribution < -0.4 is 0 Å². The van der Waals surface area contributed by atoms with Gasteiger partial charge in [0.25, 0.3) is 5.79 Å². The molecule has 1 fully saturated rings. The average Bonchev–Trinajstić information content (AvgIpc) is 2.51. The van der Waals surface area contributed by atoms with Crippen LogP contribution in [0.25, 0.3) is 17.3 Å². The number of rotatable bonds is 2. The molecule has 5 heteroatoms. The molecule has 0 bridgehead atoms. The van der Waals surface area contributed by atoms with Gasteiger partial charge in [0, 0.05) is 25.6 Å². The Bertz CT molecular complexity index is 754. The lowest BCUT2D eigenvalue weighted by Crippen LogP contribution is -2.41. The first-order chi connectivity index (χ1) is 10.9. The zero-order chi connectivity index (χ0) is 16.4. The van der Waals surface area contributed by atoms with Crippen LogP contribution >= 0.6 is 0 Å². The first-order valence-corrected chi connectivity index (χ1v) is 7.14. The monoisotopic (exact) mass is 309 g/mol. The van der Waals surface area contributed by atoms with E-state index in [0.29, 0.717) is 5.56 Å². The molecule has 2 heterocycles. The molecule has 0 saturated carbocycles. The number of pyridine rings is 1. The van der Waals surface area contributed by atoms with Crippen molar-refractivity contribution < 1.29 is 19.1 Å². The zero-order valence-corrected chi connectivity index (χ0v) is 12.8. The van der Waals surface area contributed by atoms with Gasteiger partial charge in [0.15, 0.2) is 0 Å². The third kappa shape index (κ3) is 3.29. The number of benzene rings is 1. The van der Waals surface area contributed by atoms with Crippen molar-refractivity contribution in [2.24, 2.45) is 0 Å². The molecule has 0 spiro atoms. The van der Waals surface area contributed by atoms with Crippen LogP contribution in [0.5, 0.6) is 0 Å². The highest BCUT2D eigenvalue weighted by Gasteiger charge is 2.38. The minimum absolute atomic E-state index is 0.116. The van der Waals surface area contributed by atoms with Crippen LogP contribution in [-0.2, 0) is 19.1 Å². The Morgan fingerprint density at radius 2 is 1.61 bits per heavy atom. The second-order valence-corrected chi connectivity index (χ2v) is 5.57. The molecule has 3 rings (SSSR count). The van der Waals surface area contributed by atoms with Crippen LogP contribution in [0.2, 0.25) is 0 Å². The first-order valence-electron chi connectivity index (χ1n) is 7.14. The number of hydrogen-bond donors (Lipinski definition) is 0. The summed E-state index contributed by atoms with van der Waals surface area (Å²) in [5.74, 6) is -2.59. The Morgan fingerprint density at radius 3 is 2.17 bits per heavy atom. The van der Waals surface area contributed by atoms with Gasteiger partial charge in [-0.25, -0.2) is 9.59 Å². The number of ether oxygens (including phenoxy) is 2. The summed E-state index contributed by atoms with van der Waals surface area (Å²) in [6, 6.07) is 13.0. The predicted octanol–water partition coefficient (Wildman–Crippen LogP) is 2.97. The lowest BCUT2D eigenvalue weighted by molar-refractivity contribution is -0.222. The van der Waals surface area contributed by atoms with Gasteiger partial charge in [-0.15, -0.1) is 0 Å². The highest BCUT2D eigenvalue weighted by Crippen LogP contribution is 2.25. The van der Waals surface area contributed by atoms with Crippen molar-refractivity contribution in [1.82, 2.24) is 4.98 Å². The van der Waals surface area contributed by atoms with E-state index in [1.807, 2.05) is 30.3 Å². The van der Waals surface area contributed by atoms with Crippen molar-refractivity contribution in [3.63, 3.8) is 0 Å². The van der Waals surface area contributed by atoms with Gasteiger partial charge >= 0.3 is 11.9 Å². The Kier molecular flexibility index (Phi) is 3.70. The van der Waals surface area contributed by atoms with E-state index < -0.39 is 17.7 Å². The molecule has 0 N–H and O–H groups in total. The van der Waals surface area contributed by atoms with Crippen molar-refractivity contribution >= 4 is 18.0 Å². The fourth-order valence-corrected chi connectivity index (χ4v) is 2.23. The number of carbonyl (C=O) groups excluding carboxylic acids is 2. The smallest absolute Gasteiger partial charge is 0.348 e. The maximum Gasteiger partial charge on any atom is 0.348 e. The normalized spacial score (nSPS) is 16.5. The minimum Gasteiger partial charge on any atom is -0.419 e. The van der Waals surface area contributed by atoms with E-state index in [1.54, 1.807) is 18.3 Å². The molecule has 23 heavy (non-hydrogen) atoms. The summed E-state index contributed by atoms with van der Waals surface area (Å²) in [4.78, 5) is 28.1. The van der Waals surface area contributed by atoms with E-state index in [1.165, 1.54) is 19.9 Å². The van der Waals surface area contributed by atoms with Crippen molar-refractivity contribution in [2.45, 2.75) is 19.6 Å². The summed E-state index contributed by atoms with van der Waals surface area (Å²) in [5.41, 5.74) is 2.39. The van der Waals surface area contributed by atoms with Crippen molar-refractivity contribution in [1.29, 1.82) is 0 Å². The Balaban J connectivity index is 1.86. The molecule has 0 unspecified atom stereocenters. The van der Waals surface area contributed by atoms with Crippen molar-refractivity contribution in [3.05, 3.63) is 59.8 Å². The van der Waals surface area contributed by atoms with E-state index in [0.717, 1.165) is 11.3 Å². The summed E-state index contributed by atoms with van der Waals surface area (Å²) < 4.78 is 10.1. The molecule has 0 atom stereocenters. The second-order valence-electron chi connectivity index (χ2n) is 5.57. The van der Waals surface area contributed by atoms with Gasteiger partial charge in [-0.3, -0.25) is 4.98 Å². The molecule has 1 aliphatic heterocycles. The number of esters is 2. The summed E-state index contributed by atoms with van der Waals surface area (Å²) in [7, 11) is 0. The first kappa shape index (κ1) is 15.0. The number of hydrogen-bond acceptors (Lipinski definition) is 5. The quantitative estimate of drug-likeness (QED) is 0.485. The third-order valence-electron chi connectivity index (χ3n) is 3.30.